The first-order valence-corrected chi connectivity index (χ1v) is 10.5. The number of amides is 2. The van der Waals surface area contributed by atoms with Crippen LogP contribution >= 0.6 is 0 Å². The molecular weight excluding hydrogens is 362 g/mol. The van der Waals surface area contributed by atoms with Gasteiger partial charge in [-0.25, -0.2) is 0 Å². The second-order valence-electron chi connectivity index (χ2n) is 8.18. The van der Waals surface area contributed by atoms with Gasteiger partial charge in [0.1, 0.15) is 6.54 Å². The van der Waals surface area contributed by atoms with E-state index in [1.165, 1.54) is 11.3 Å². The molecule has 0 aromatic heterocycles. The molecule has 1 fully saturated rings. The van der Waals surface area contributed by atoms with Gasteiger partial charge in [0, 0.05) is 43.5 Å². The number of rotatable bonds is 3. The molecule has 2 aliphatic heterocycles. The van der Waals surface area contributed by atoms with Crippen molar-refractivity contribution in [3.63, 3.8) is 0 Å². The van der Waals surface area contributed by atoms with E-state index in [1.54, 1.807) is 4.90 Å². The van der Waals surface area contributed by atoms with Gasteiger partial charge < -0.3 is 14.7 Å². The molecule has 1 saturated heterocycles. The van der Waals surface area contributed by atoms with Crippen molar-refractivity contribution in [2.45, 2.75) is 39.2 Å². The Morgan fingerprint density at radius 1 is 1.07 bits per heavy atom. The topological polar surface area (TPSA) is 43.9 Å². The number of para-hydroxylation sites is 1. The van der Waals surface area contributed by atoms with Crippen LogP contribution in [0.4, 0.5) is 11.4 Å². The molecule has 0 N–H and O–H groups in total. The number of hydrogen-bond donors (Lipinski definition) is 0. The Kier molecular flexibility index (Phi) is 5.56. The lowest BCUT2D eigenvalue weighted by molar-refractivity contribution is -0.132. The van der Waals surface area contributed by atoms with Crippen LogP contribution < -0.4 is 9.80 Å². The molecule has 0 spiro atoms. The summed E-state index contributed by atoms with van der Waals surface area (Å²) in [5.41, 5.74) is 4.51. The smallest absolute Gasteiger partial charge is 0.242 e. The molecule has 2 aromatic rings. The fourth-order valence-electron chi connectivity index (χ4n) is 4.47. The van der Waals surface area contributed by atoms with Crippen LogP contribution in [-0.2, 0) is 16.0 Å². The summed E-state index contributed by atoms with van der Waals surface area (Å²) >= 11 is 0. The number of hydrogen-bond acceptors (Lipinski definition) is 3. The van der Waals surface area contributed by atoms with Crippen LogP contribution in [-0.4, -0.2) is 48.9 Å². The van der Waals surface area contributed by atoms with Crippen molar-refractivity contribution in [2.24, 2.45) is 0 Å². The lowest BCUT2D eigenvalue weighted by Gasteiger charge is -2.42. The lowest BCUT2D eigenvalue weighted by Crippen LogP contribution is -2.55. The van der Waals surface area contributed by atoms with Crippen molar-refractivity contribution in [1.82, 2.24) is 4.90 Å². The largest absolute Gasteiger partial charge is 0.365 e. The number of carbonyl (C=O) groups excluding carboxylic acids is 2. The highest BCUT2D eigenvalue weighted by atomic mass is 16.2. The van der Waals surface area contributed by atoms with Crippen molar-refractivity contribution in [3.8, 4) is 0 Å². The first-order chi connectivity index (χ1) is 14.0. The number of carbonyl (C=O) groups is 2. The van der Waals surface area contributed by atoms with Crippen molar-refractivity contribution in [3.05, 3.63) is 59.7 Å². The fraction of sp³-hybridized carbons (Fsp3) is 0.417. The minimum Gasteiger partial charge on any atom is -0.365 e. The van der Waals surface area contributed by atoms with Crippen LogP contribution in [0.3, 0.4) is 0 Å². The third-order valence-electron chi connectivity index (χ3n) is 6.03. The average Bonchev–Trinajstić information content (AvgIpc) is 2.87. The predicted octanol–water partition coefficient (Wildman–Crippen LogP) is 3.40. The molecule has 4 rings (SSSR count). The van der Waals surface area contributed by atoms with Crippen LogP contribution in [0, 0.1) is 6.92 Å². The molecule has 1 atom stereocenters. The summed E-state index contributed by atoms with van der Waals surface area (Å²) in [6.45, 7) is 6.56. The summed E-state index contributed by atoms with van der Waals surface area (Å²) in [5, 5.41) is 0. The van der Waals surface area contributed by atoms with Gasteiger partial charge in [0.25, 0.3) is 0 Å². The maximum absolute atomic E-state index is 13.1. The van der Waals surface area contributed by atoms with E-state index in [1.807, 2.05) is 23.1 Å². The highest BCUT2D eigenvalue weighted by molar-refractivity contribution is 5.99. The maximum Gasteiger partial charge on any atom is 0.242 e. The molecule has 2 amide bonds. The molecule has 0 radical (unpaired) electrons. The van der Waals surface area contributed by atoms with E-state index in [9.17, 15) is 9.59 Å². The van der Waals surface area contributed by atoms with E-state index in [2.05, 4.69) is 49.1 Å². The Hall–Kier alpha value is -2.82. The minimum atomic E-state index is 0.0331. The first kappa shape index (κ1) is 19.5. The normalized spacial score (nSPS) is 19.7. The highest BCUT2D eigenvalue weighted by Gasteiger charge is 2.30. The van der Waals surface area contributed by atoms with Gasteiger partial charge >= 0.3 is 0 Å². The van der Waals surface area contributed by atoms with Gasteiger partial charge in [0.15, 0.2) is 0 Å². The van der Waals surface area contributed by atoms with Crippen LogP contribution in [0.15, 0.2) is 48.5 Å². The molecule has 5 heteroatoms. The zero-order valence-electron chi connectivity index (χ0n) is 17.3. The molecule has 2 heterocycles. The van der Waals surface area contributed by atoms with E-state index in [0.717, 1.165) is 30.6 Å². The van der Waals surface area contributed by atoms with Crippen LogP contribution in [0.25, 0.3) is 0 Å². The van der Waals surface area contributed by atoms with Gasteiger partial charge in [0.2, 0.25) is 11.8 Å². The number of benzene rings is 2. The summed E-state index contributed by atoms with van der Waals surface area (Å²) in [4.78, 5) is 31.7. The van der Waals surface area contributed by atoms with Gasteiger partial charge in [0.05, 0.1) is 0 Å². The summed E-state index contributed by atoms with van der Waals surface area (Å²) in [7, 11) is 0. The van der Waals surface area contributed by atoms with Gasteiger partial charge in [-0.2, -0.15) is 0 Å². The summed E-state index contributed by atoms with van der Waals surface area (Å²) in [6, 6.07) is 16.7. The van der Waals surface area contributed by atoms with Crippen LogP contribution in [0.2, 0.25) is 0 Å². The summed E-state index contributed by atoms with van der Waals surface area (Å²) in [5.74, 6) is 0.0838. The van der Waals surface area contributed by atoms with E-state index in [4.69, 9.17) is 0 Å². The minimum absolute atomic E-state index is 0.0331. The third-order valence-corrected chi connectivity index (χ3v) is 6.03. The Balaban J connectivity index is 1.45. The molecule has 0 bridgehead atoms. The van der Waals surface area contributed by atoms with Gasteiger partial charge in [-0.15, -0.1) is 0 Å². The molecule has 1 unspecified atom stereocenters. The molecule has 0 saturated carbocycles. The number of fused-ring (bicyclic) bond motifs is 1. The Bertz CT molecular complexity index is 911. The predicted molar refractivity (Wildman–Crippen MR) is 116 cm³/mol. The monoisotopic (exact) mass is 391 g/mol. The van der Waals surface area contributed by atoms with Gasteiger partial charge in [-0.3, -0.25) is 9.59 Å². The van der Waals surface area contributed by atoms with Crippen molar-refractivity contribution in [1.29, 1.82) is 0 Å². The van der Waals surface area contributed by atoms with Gasteiger partial charge in [-0.1, -0.05) is 30.3 Å². The number of piperazine rings is 1. The van der Waals surface area contributed by atoms with Crippen LogP contribution in [0.5, 0.6) is 0 Å². The van der Waals surface area contributed by atoms with Crippen LogP contribution in [0.1, 0.15) is 30.9 Å². The van der Waals surface area contributed by atoms with E-state index in [-0.39, 0.29) is 24.4 Å². The average molecular weight is 392 g/mol. The standard InChI is InChI=1S/C24H29N3O2/c1-18-7-5-10-21(15-18)26-14-13-25(16-19(26)2)24(29)17-27-22-11-4-3-8-20(22)9-6-12-23(27)28/h3-5,7-8,10-11,15,19H,6,9,12-14,16-17H2,1-2H3. The van der Waals surface area contributed by atoms with Gasteiger partial charge in [-0.05, 0) is 56.0 Å². The van der Waals surface area contributed by atoms with Crippen molar-refractivity contribution in [2.75, 3.05) is 36.0 Å². The molecule has 0 aliphatic carbocycles. The summed E-state index contributed by atoms with van der Waals surface area (Å²) < 4.78 is 0. The SMILES string of the molecule is Cc1cccc(N2CCN(C(=O)CN3C(=O)CCCc4ccccc43)CC2C)c1. The van der Waals surface area contributed by atoms with E-state index < -0.39 is 0 Å². The van der Waals surface area contributed by atoms with Crippen molar-refractivity contribution < 1.29 is 9.59 Å². The number of nitrogens with zero attached hydrogens (tertiary/aromatic N) is 3. The second kappa shape index (κ2) is 8.27. The molecule has 152 valence electrons. The van der Waals surface area contributed by atoms with E-state index >= 15 is 0 Å². The molecule has 2 aliphatic rings. The fourth-order valence-corrected chi connectivity index (χ4v) is 4.47. The maximum atomic E-state index is 13.1. The highest BCUT2D eigenvalue weighted by Crippen LogP contribution is 2.27. The van der Waals surface area contributed by atoms with Crippen molar-refractivity contribution >= 4 is 23.2 Å². The molecular formula is C24H29N3O2. The first-order valence-electron chi connectivity index (χ1n) is 10.5. The molecule has 5 nitrogen and oxygen atoms in total. The zero-order valence-corrected chi connectivity index (χ0v) is 17.3. The lowest BCUT2D eigenvalue weighted by atomic mass is 10.1. The Morgan fingerprint density at radius 3 is 2.69 bits per heavy atom. The number of anilines is 2. The number of aryl methyl sites for hydroxylation is 2. The summed E-state index contributed by atoms with van der Waals surface area (Å²) in [6.07, 6.45) is 2.23. The quantitative estimate of drug-likeness (QED) is 0.805. The second-order valence-corrected chi connectivity index (χ2v) is 8.18. The Labute approximate surface area is 172 Å². The zero-order chi connectivity index (χ0) is 20.4. The molecule has 2 aromatic carbocycles. The third kappa shape index (κ3) is 4.14. The Morgan fingerprint density at radius 2 is 1.90 bits per heavy atom. The molecule has 29 heavy (non-hydrogen) atoms. The van der Waals surface area contributed by atoms with E-state index in [0.29, 0.717) is 19.5 Å².